The van der Waals surface area contributed by atoms with Crippen LogP contribution in [0.15, 0.2) is 30.3 Å². The second-order valence-corrected chi connectivity index (χ2v) is 6.24. The Morgan fingerprint density at radius 1 is 1.33 bits per heavy atom. The Balaban J connectivity index is 1.63. The number of hydroxylamine groups is 1. The first kappa shape index (κ1) is 16.5. The number of carbonyl (C=O) groups is 1. The largest absolute Gasteiger partial charge is 0.341 e. The first-order valence-corrected chi connectivity index (χ1v) is 8.30. The van der Waals surface area contributed by atoms with Gasteiger partial charge in [-0.2, -0.15) is 5.10 Å². The summed E-state index contributed by atoms with van der Waals surface area (Å²) in [6.45, 7) is 5.15. The van der Waals surface area contributed by atoms with Gasteiger partial charge in [0.15, 0.2) is 0 Å². The number of likely N-dealkylation sites (tertiary alicyclic amines) is 1. The summed E-state index contributed by atoms with van der Waals surface area (Å²) < 4.78 is 1.88. The van der Waals surface area contributed by atoms with Crippen molar-refractivity contribution < 1.29 is 9.63 Å². The number of nitrogens with zero attached hydrogens (tertiary/aromatic N) is 3. The fraction of sp³-hybridized carbons (Fsp3) is 0.444. The second kappa shape index (κ2) is 7.05. The number of aryl methyl sites for hydroxylation is 2. The van der Waals surface area contributed by atoms with Gasteiger partial charge in [-0.1, -0.05) is 30.3 Å². The van der Waals surface area contributed by atoms with Crippen molar-refractivity contribution in [1.82, 2.24) is 20.2 Å². The summed E-state index contributed by atoms with van der Waals surface area (Å²) in [6, 6.07) is 9.67. The molecule has 0 unspecified atom stereocenters. The summed E-state index contributed by atoms with van der Waals surface area (Å²) in [5.41, 5.74) is 6.87. The van der Waals surface area contributed by atoms with Crippen molar-refractivity contribution in [3.63, 3.8) is 0 Å². The van der Waals surface area contributed by atoms with Crippen LogP contribution in [0.1, 0.15) is 41.4 Å². The number of rotatable bonds is 4. The number of nitrogens with one attached hydrogen (secondary N) is 1. The van der Waals surface area contributed by atoms with Gasteiger partial charge in [0.05, 0.1) is 18.3 Å². The molecule has 2 amide bonds. The van der Waals surface area contributed by atoms with Crippen molar-refractivity contribution in [3.05, 3.63) is 52.8 Å². The number of urea groups is 1. The van der Waals surface area contributed by atoms with E-state index in [0.29, 0.717) is 6.61 Å². The predicted octanol–water partition coefficient (Wildman–Crippen LogP) is 3.02. The van der Waals surface area contributed by atoms with Gasteiger partial charge < -0.3 is 4.90 Å². The number of benzene rings is 1. The van der Waals surface area contributed by atoms with E-state index in [2.05, 4.69) is 17.5 Å². The standard InChI is InChI=1S/C18H24N4O2/c1-13-17(14(2)21(3)19-13)16-10-7-11-22(16)18(23)20-24-12-15-8-5-4-6-9-15/h4-6,8-9,16H,7,10-12H2,1-3H3,(H,20,23)/t16-/m1/s1. The molecule has 1 fully saturated rings. The molecule has 0 aliphatic carbocycles. The summed E-state index contributed by atoms with van der Waals surface area (Å²) >= 11 is 0. The first-order valence-electron chi connectivity index (χ1n) is 8.30. The minimum absolute atomic E-state index is 0.0685. The highest BCUT2D eigenvalue weighted by molar-refractivity contribution is 5.74. The highest BCUT2D eigenvalue weighted by atomic mass is 16.7. The summed E-state index contributed by atoms with van der Waals surface area (Å²) in [7, 11) is 1.94. The maximum Gasteiger partial charge on any atom is 0.341 e. The van der Waals surface area contributed by atoms with Crippen LogP contribution < -0.4 is 5.48 Å². The molecule has 128 valence electrons. The molecule has 0 saturated carbocycles. The molecule has 0 bridgehead atoms. The van der Waals surface area contributed by atoms with Crippen LogP contribution in [0, 0.1) is 13.8 Å². The van der Waals surface area contributed by atoms with E-state index >= 15 is 0 Å². The highest BCUT2D eigenvalue weighted by Gasteiger charge is 2.33. The molecule has 6 heteroatoms. The van der Waals surface area contributed by atoms with Crippen LogP contribution in [-0.4, -0.2) is 27.3 Å². The molecular formula is C18H24N4O2. The number of carbonyl (C=O) groups excluding carboxylic acids is 1. The van der Waals surface area contributed by atoms with Crippen LogP contribution in [0.25, 0.3) is 0 Å². The van der Waals surface area contributed by atoms with Gasteiger partial charge in [-0.3, -0.25) is 9.52 Å². The second-order valence-electron chi connectivity index (χ2n) is 6.24. The summed E-state index contributed by atoms with van der Waals surface area (Å²) in [5, 5.41) is 4.48. The third-order valence-corrected chi connectivity index (χ3v) is 4.65. The summed E-state index contributed by atoms with van der Waals surface area (Å²) in [5.74, 6) is 0. The zero-order valence-corrected chi connectivity index (χ0v) is 14.5. The van der Waals surface area contributed by atoms with Gasteiger partial charge in [-0.25, -0.2) is 10.3 Å². The van der Waals surface area contributed by atoms with Crippen LogP contribution in [0.5, 0.6) is 0 Å². The average molecular weight is 328 g/mol. The minimum Gasteiger partial charge on any atom is -0.316 e. The van der Waals surface area contributed by atoms with Crippen molar-refractivity contribution in [2.75, 3.05) is 6.54 Å². The topological polar surface area (TPSA) is 59.4 Å². The quantitative estimate of drug-likeness (QED) is 0.878. The van der Waals surface area contributed by atoms with Gasteiger partial charge in [0.2, 0.25) is 0 Å². The SMILES string of the molecule is Cc1nn(C)c(C)c1[C@H]1CCCN1C(=O)NOCc1ccccc1. The Labute approximate surface area is 142 Å². The lowest BCUT2D eigenvalue weighted by atomic mass is 10.0. The van der Waals surface area contributed by atoms with Gasteiger partial charge in [-0.05, 0) is 32.3 Å². The molecule has 1 aromatic carbocycles. The Kier molecular flexibility index (Phi) is 4.85. The molecule has 1 atom stereocenters. The van der Waals surface area contributed by atoms with Gasteiger partial charge in [0.25, 0.3) is 0 Å². The van der Waals surface area contributed by atoms with E-state index in [-0.39, 0.29) is 12.1 Å². The van der Waals surface area contributed by atoms with Gasteiger partial charge in [0, 0.05) is 24.8 Å². The molecule has 1 aliphatic heterocycles. The molecule has 3 rings (SSSR count). The Hall–Kier alpha value is -2.34. The van der Waals surface area contributed by atoms with Crippen LogP contribution in [0.3, 0.4) is 0 Å². The van der Waals surface area contributed by atoms with Gasteiger partial charge in [-0.15, -0.1) is 0 Å². The lowest BCUT2D eigenvalue weighted by Crippen LogP contribution is -2.39. The maximum absolute atomic E-state index is 12.5. The molecule has 24 heavy (non-hydrogen) atoms. The molecule has 1 saturated heterocycles. The van der Waals surface area contributed by atoms with Crippen molar-refractivity contribution in [3.8, 4) is 0 Å². The lowest BCUT2D eigenvalue weighted by molar-refractivity contribution is 0.0351. The van der Waals surface area contributed by atoms with Crippen molar-refractivity contribution in [2.24, 2.45) is 7.05 Å². The Morgan fingerprint density at radius 2 is 2.08 bits per heavy atom. The van der Waals surface area contributed by atoms with Crippen LogP contribution in [-0.2, 0) is 18.5 Å². The Bertz CT molecular complexity index is 711. The Morgan fingerprint density at radius 3 is 2.75 bits per heavy atom. The van der Waals surface area contributed by atoms with Crippen LogP contribution >= 0.6 is 0 Å². The fourth-order valence-electron chi connectivity index (χ4n) is 3.40. The summed E-state index contributed by atoms with van der Waals surface area (Å²) in [4.78, 5) is 19.7. The minimum atomic E-state index is -0.184. The smallest absolute Gasteiger partial charge is 0.316 e. The average Bonchev–Trinajstić information content (AvgIpc) is 3.13. The zero-order chi connectivity index (χ0) is 17.1. The molecule has 2 heterocycles. The predicted molar refractivity (Wildman–Crippen MR) is 91.1 cm³/mol. The normalized spacial score (nSPS) is 17.3. The molecule has 0 radical (unpaired) electrons. The molecular weight excluding hydrogens is 304 g/mol. The van der Waals surface area contributed by atoms with Gasteiger partial charge >= 0.3 is 6.03 Å². The monoisotopic (exact) mass is 328 g/mol. The molecule has 1 N–H and O–H groups in total. The molecule has 6 nitrogen and oxygen atoms in total. The first-order chi connectivity index (χ1) is 11.6. The molecule has 1 aliphatic rings. The summed E-state index contributed by atoms with van der Waals surface area (Å²) in [6.07, 6.45) is 1.95. The van der Waals surface area contributed by atoms with E-state index in [1.807, 2.05) is 53.9 Å². The van der Waals surface area contributed by atoms with Crippen molar-refractivity contribution in [2.45, 2.75) is 39.3 Å². The number of hydrogen-bond acceptors (Lipinski definition) is 3. The molecule has 2 aromatic rings. The molecule has 1 aromatic heterocycles. The maximum atomic E-state index is 12.5. The highest BCUT2D eigenvalue weighted by Crippen LogP contribution is 2.35. The number of amides is 2. The van der Waals surface area contributed by atoms with E-state index in [1.54, 1.807) is 0 Å². The van der Waals surface area contributed by atoms with E-state index in [9.17, 15) is 4.79 Å². The molecule has 0 spiro atoms. The lowest BCUT2D eigenvalue weighted by Gasteiger charge is -2.25. The third-order valence-electron chi connectivity index (χ3n) is 4.65. The van der Waals surface area contributed by atoms with Crippen LogP contribution in [0.4, 0.5) is 4.79 Å². The number of aromatic nitrogens is 2. The van der Waals surface area contributed by atoms with Crippen molar-refractivity contribution in [1.29, 1.82) is 0 Å². The van der Waals surface area contributed by atoms with E-state index in [1.165, 1.54) is 0 Å². The van der Waals surface area contributed by atoms with Crippen molar-refractivity contribution >= 4 is 6.03 Å². The van der Waals surface area contributed by atoms with Crippen LogP contribution in [0.2, 0.25) is 0 Å². The van der Waals surface area contributed by atoms with E-state index in [4.69, 9.17) is 4.84 Å². The van der Waals surface area contributed by atoms with Gasteiger partial charge in [0.1, 0.15) is 0 Å². The van der Waals surface area contributed by atoms with E-state index < -0.39 is 0 Å². The zero-order valence-electron chi connectivity index (χ0n) is 14.5. The third kappa shape index (κ3) is 3.28. The number of hydrogen-bond donors (Lipinski definition) is 1. The van der Waals surface area contributed by atoms with E-state index in [0.717, 1.165) is 41.9 Å². The fourth-order valence-corrected chi connectivity index (χ4v) is 3.40.